The summed E-state index contributed by atoms with van der Waals surface area (Å²) in [5, 5.41) is 0. The van der Waals surface area contributed by atoms with Crippen LogP contribution in [0, 0.1) is 0 Å². The summed E-state index contributed by atoms with van der Waals surface area (Å²) in [6.07, 6.45) is 0. The first kappa shape index (κ1) is 19.3. The van der Waals surface area contributed by atoms with E-state index in [0.29, 0.717) is 11.3 Å². The summed E-state index contributed by atoms with van der Waals surface area (Å²) >= 11 is 0. The molecule has 0 saturated carbocycles. The first-order chi connectivity index (χ1) is 12.5. The number of carbonyl (C=O) groups excluding carboxylic acids is 2. The number of carbonyl (C=O) groups is 2. The van der Waals surface area contributed by atoms with Gasteiger partial charge in [-0.15, -0.1) is 0 Å². The molecule has 2 aromatic rings. The molecule has 0 aromatic heterocycles. The molecule has 0 heterocycles. The maximum absolute atomic E-state index is 12.8. The Bertz CT molecular complexity index is 774. The molecule has 0 spiro atoms. The minimum Gasteiger partial charge on any atom is -0.496 e. The fourth-order valence-electron chi connectivity index (χ4n) is 2.52. The lowest BCUT2D eigenvalue weighted by Gasteiger charge is -2.26. The summed E-state index contributed by atoms with van der Waals surface area (Å²) in [6.45, 7) is 1.73. The standard InChI is InChI=1S/C20H23NO5/c1-14(17-10-5-6-11-18(17)24-3)21(2)20(23)15-8-7-9-16(12-15)26-13-19(22)25-4/h5-12,14H,13H2,1-4H3. The zero-order valence-electron chi connectivity index (χ0n) is 15.4. The van der Waals surface area contributed by atoms with Crippen molar-refractivity contribution < 1.29 is 23.8 Å². The van der Waals surface area contributed by atoms with Gasteiger partial charge in [0.05, 0.1) is 20.3 Å². The number of nitrogens with zero attached hydrogens (tertiary/aromatic N) is 1. The van der Waals surface area contributed by atoms with Gasteiger partial charge in [0.2, 0.25) is 0 Å². The number of para-hydroxylation sites is 1. The number of ether oxygens (including phenoxy) is 3. The molecule has 2 aromatic carbocycles. The van der Waals surface area contributed by atoms with Gasteiger partial charge >= 0.3 is 5.97 Å². The maximum Gasteiger partial charge on any atom is 0.343 e. The highest BCUT2D eigenvalue weighted by Gasteiger charge is 2.21. The second-order valence-electron chi connectivity index (χ2n) is 5.73. The molecule has 0 aliphatic rings. The van der Waals surface area contributed by atoms with E-state index in [-0.39, 0.29) is 18.6 Å². The number of hydrogen-bond acceptors (Lipinski definition) is 5. The van der Waals surface area contributed by atoms with Crippen molar-refractivity contribution >= 4 is 11.9 Å². The van der Waals surface area contributed by atoms with E-state index in [1.807, 2.05) is 31.2 Å². The minimum absolute atomic E-state index is 0.160. The van der Waals surface area contributed by atoms with E-state index in [4.69, 9.17) is 9.47 Å². The number of amides is 1. The van der Waals surface area contributed by atoms with Gasteiger partial charge in [0.25, 0.3) is 5.91 Å². The Hall–Kier alpha value is -3.02. The molecule has 1 amide bonds. The topological polar surface area (TPSA) is 65.1 Å². The van der Waals surface area contributed by atoms with Crippen LogP contribution in [0.5, 0.6) is 11.5 Å². The molecule has 6 heteroatoms. The highest BCUT2D eigenvalue weighted by molar-refractivity contribution is 5.94. The lowest BCUT2D eigenvalue weighted by atomic mass is 10.0. The molecule has 0 saturated heterocycles. The predicted molar refractivity (Wildman–Crippen MR) is 97.5 cm³/mol. The van der Waals surface area contributed by atoms with E-state index in [2.05, 4.69) is 4.74 Å². The number of hydrogen-bond donors (Lipinski definition) is 0. The van der Waals surface area contributed by atoms with Gasteiger partial charge in [-0.05, 0) is 31.2 Å². The molecule has 0 aliphatic heterocycles. The van der Waals surface area contributed by atoms with Crippen LogP contribution >= 0.6 is 0 Å². The molecule has 0 fully saturated rings. The van der Waals surface area contributed by atoms with Crippen molar-refractivity contribution in [3.63, 3.8) is 0 Å². The number of esters is 1. The Labute approximate surface area is 153 Å². The van der Waals surface area contributed by atoms with Crippen molar-refractivity contribution in [2.24, 2.45) is 0 Å². The molecule has 26 heavy (non-hydrogen) atoms. The summed E-state index contributed by atoms with van der Waals surface area (Å²) in [7, 11) is 4.64. The van der Waals surface area contributed by atoms with Crippen LogP contribution in [0.15, 0.2) is 48.5 Å². The summed E-state index contributed by atoms with van der Waals surface area (Å²) in [5.74, 6) is 0.518. The molecular weight excluding hydrogens is 334 g/mol. The third kappa shape index (κ3) is 4.53. The van der Waals surface area contributed by atoms with E-state index < -0.39 is 5.97 Å². The summed E-state index contributed by atoms with van der Waals surface area (Å²) in [6, 6.07) is 14.1. The third-order valence-electron chi connectivity index (χ3n) is 4.16. The van der Waals surface area contributed by atoms with E-state index in [0.717, 1.165) is 11.3 Å². The van der Waals surface area contributed by atoms with Crippen LogP contribution < -0.4 is 9.47 Å². The fraction of sp³-hybridized carbons (Fsp3) is 0.300. The summed E-state index contributed by atoms with van der Waals surface area (Å²) < 4.78 is 15.3. The largest absolute Gasteiger partial charge is 0.496 e. The lowest BCUT2D eigenvalue weighted by Crippen LogP contribution is -2.30. The van der Waals surface area contributed by atoms with E-state index in [1.54, 1.807) is 43.3 Å². The molecule has 138 valence electrons. The summed E-state index contributed by atoms with van der Waals surface area (Å²) in [4.78, 5) is 25.7. The average molecular weight is 357 g/mol. The van der Waals surface area contributed by atoms with Gasteiger partial charge < -0.3 is 19.1 Å². The van der Waals surface area contributed by atoms with Crippen molar-refractivity contribution in [1.29, 1.82) is 0 Å². The van der Waals surface area contributed by atoms with Crippen molar-refractivity contribution in [2.75, 3.05) is 27.9 Å². The smallest absolute Gasteiger partial charge is 0.343 e. The number of methoxy groups -OCH3 is 2. The first-order valence-electron chi connectivity index (χ1n) is 8.17. The Balaban J connectivity index is 2.16. The Morgan fingerprint density at radius 3 is 2.50 bits per heavy atom. The van der Waals surface area contributed by atoms with E-state index in [1.165, 1.54) is 7.11 Å². The highest BCUT2D eigenvalue weighted by Crippen LogP contribution is 2.29. The van der Waals surface area contributed by atoms with Crippen LogP contribution in [0.25, 0.3) is 0 Å². The maximum atomic E-state index is 12.8. The molecule has 1 atom stereocenters. The fourth-order valence-corrected chi connectivity index (χ4v) is 2.52. The molecule has 0 N–H and O–H groups in total. The van der Waals surface area contributed by atoms with Crippen LogP contribution in [-0.4, -0.2) is 44.7 Å². The zero-order chi connectivity index (χ0) is 19.1. The normalized spacial score (nSPS) is 11.4. The molecule has 0 bridgehead atoms. The Morgan fingerprint density at radius 1 is 1.08 bits per heavy atom. The minimum atomic E-state index is -0.483. The monoisotopic (exact) mass is 357 g/mol. The first-order valence-corrected chi connectivity index (χ1v) is 8.17. The van der Waals surface area contributed by atoms with E-state index in [9.17, 15) is 9.59 Å². The quantitative estimate of drug-likeness (QED) is 0.713. The molecular formula is C20H23NO5. The van der Waals surface area contributed by atoms with Crippen LogP contribution in [0.3, 0.4) is 0 Å². The van der Waals surface area contributed by atoms with Gasteiger partial charge in [-0.2, -0.15) is 0 Å². The van der Waals surface area contributed by atoms with Crippen molar-refractivity contribution in [3.8, 4) is 11.5 Å². The highest BCUT2D eigenvalue weighted by atomic mass is 16.6. The SMILES string of the molecule is COC(=O)COc1cccc(C(=O)N(C)C(C)c2ccccc2OC)c1. The van der Waals surface area contributed by atoms with E-state index >= 15 is 0 Å². The number of benzene rings is 2. The molecule has 2 rings (SSSR count). The third-order valence-corrected chi connectivity index (χ3v) is 4.16. The van der Waals surface area contributed by atoms with Crippen LogP contribution in [0.1, 0.15) is 28.9 Å². The van der Waals surface area contributed by atoms with Gasteiger partial charge in [0.15, 0.2) is 6.61 Å². The van der Waals surface area contributed by atoms with Gasteiger partial charge in [-0.1, -0.05) is 24.3 Å². The zero-order valence-corrected chi connectivity index (χ0v) is 15.4. The van der Waals surface area contributed by atoms with Crippen molar-refractivity contribution in [1.82, 2.24) is 4.90 Å². The molecule has 1 unspecified atom stereocenters. The van der Waals surface area contributed by atoms with Gasteiger partial charge in [0, 0.05) is 18.2 Å². The van der Waals surface area contributed by atoms with Gasteiger partial charge in [-0.3, -0.25) is 4.79 Å². The van der Waals surface area contributed by atoms with Crippen LogP contribution in [0.2, 0.25) is 0 Å². The second-order valence-corrected chi connectivity index (χ2v) is 5.73. The van der Waals surface area contributed by atoms with Crippen LogP contribution in [0.4, 0.5) is 0 Å². The average Bonchev–Trinajstić information content (AvgIpc) is 2.70. The van der Waals surface area contributed by atoms with Gasteiger partial charge in [0.1, 0.15) is 11.5 Å². The second kappa shape index (κ2) is 8.89. The molecule has 0 radical (unpaired) electrons. The predicted octanol–water partition coefficient (Wildman–Crippen LogP) is 3.08. The molecule has 6 nitrogen and oxygen atoms in total. The van der Waals surface area contributed by atoms with Crippen molar-refractivity contribution in [2.45, 2.75) is 13.0 Å². The number of rotatable bonds is 7. The summed E-state index contributed by atoms with van der Waals surface area (Å²) in [5.41, 5.74) is 1.39. The lowest BCUT2D eigenvalue weighted by molar-refractivity contribution is -0.142. The van der Waals surface area contributed by atoms with Crippen molar-refractivity contribution in [3.05, 3.63) is 59.7 Å². The Kier molecular flexibility index (Phi) is 6.60. The Morgan fingerprint density at radius 2 is 1.81 bits per heavy atom. The molecule has 0 aliphatic carbocycles. The van der Waals surface area contributed by atoms with Crippen LogP contribution in [-0.2, 0) is 9.53 Å². The van der Waals surface area contributed by atoms with Gasteiger partial charge in [-0.25, -0.2) is 4.79 Å².